The number of hydrogen-bond acceptors (Lipinski definition) is 6. The van der Waals surface area contributed by atoms with Gasteiger partial charge in [0.25, 0.3) is 10.0 Å². The molecule has 2 N–H and O–H groups in total. The molecule has 0 spiro atoms. The van der Waals surface area contributed by atoms with Crippen molar-refractivity contribution in [2.45, 2.75) is 5.03 Å². The maximum absolute atomic E-state index is 11.7. The van der Waals surface area contributed by atoms with Crippen molar-refractivity contribution in [2.75, 3.05) is 7.11 Å². The molecular formula is C10H9ClN4O4S. The third kappa shape index (κ3) is 2.64. The van der Waals surface area contributed by atoms with Crippen LogP contribution in [0.15, 0.2) is 29.4 Å². The molecule has 0 aliphatic rings. The van der Waals surface area contributed by atoms with Crippen molar-refractivity contribution in [1.29, 1.82) is 0 Å². The summed E-state index contributed by atoms with van der Waals surface area (Å²) in [6, 6.07) is 4.53. The van der Waals surface area contributed by atoms with Crippen LogP contribution in [0.2, 0.25) is 5.15 Å². The summed E-state index contributed by atoms with van der Waals surface area (Å²) in [6.45, 7) is 0. The molecule has 2 heterocycles. The SMILES string of the molecule is COC(=O)c1cnn(-c2cccc(Cl)n2)c1S(N)(=O)=O. The number of carbonyl (C=O) groups is 1. The smallest absolute Gasteiger partial charge is 0.342 e. The molecular weight excluding hydrogens is 308 g/mol. The number of halogens is 1. The first-order chi connectivity index (χ1) is 9.34. The van der Waals surface area contributed by atoms with E-state index in [0.29, 0.717) is 0 Å². The highest BCUT2D eigenvalue weighted by Gasteiger charge is 2.27. The van der Waals surface area contributed by atoms with E-state index in [1.54, 1.807) is 6.07 Å². The predicted molar refractivity (Wildman–Crippen MR) is 69.1 cm³/mol. The van der Waals surface area contributed by atoms with E-state index < -0.39 is 21.0 Å². The lowest BCUT2D eigenvalue weighted by Crippen LogP contribution is -2.21. The molecule has 2 rings (SSSR count). The molecule has 10 heteroatoms. The minimum absolute atomic E-state index is 0.108. The number of nitrogens with two attached hydrogens (primary N) is 1. The molecule has 0 fully saturated rings. The first-order valence-electron chi connectivity index (χ1n) is 5.16. The monoisotopic (exact) mass is 316 g/mol. The normalized spacial score (nSPS) is 11.3. The van der Waals surface area contributed by atoms with Gasteiger partial charge in [0.15, 0.2) is 10.8 Å². The summed E-state index contributed by atoms with van der Waals surface area (Å²) in [5.41, 5.74) is -0.281. The van der Waals surface area contributed by atoms with Gasteiger partial charge in [0.1, 0.15) is 10.7 Å². The fourth-order valence-corrected chi connectivity index (χ4v) is 2.52. The number of carbonyl (C=O) groups excluding carboxylic acids is 1. The summed E-state index contributed by atoms with van der Waals surface area (Å²) in [4.78, 5) is 15.5. The molecule has 0 aromatic carbocycles. The van der Waals surface area contributed by atoms with Gasteiger partial charge in [-0.2, -0.15) is 5.10 Å². The third-order valence-corrected chi connectivity index (χ3v) is 3.46. The van der Waals surface area contributed by atoms with Crippen LogP contribution in [0.1, 0.15) is 10.4 Å². The second-order valence-corrected chi connectivity index (χ2v) is 5.49. The van der Waals surface area contributed by atoms with Crippen molar-refractivity contribution in [3.8, 4) is 5.82 Å². The van der Waals surface area contributed by atoms with Crippen molar-refractivity contribution in [3.63, 3.8) is 0 Å². The number of aromatic nitrogens is 3. The quantitative estimate of drug-likeness (QED) is 0.645. The number of methoxy groups -OCH3 is 1. The van der Waals surface area contributed by atoms with E-state index in [1.165, 1.54) is 12.1 Å². The molecule has 0 bridgehead atoms. The number of ether oxygens (including phenoxy) is 1. The average Bonchev–Trinajstić information content (AvgIpc) is 2.82. The maximum atomic E-state index is 11.7. The fourth-order valence-electron chi connectivity index (χ4n) is 1.54. The Morgan fingerprint density at radius 1 is 1.45 bits per heavy atom. The average molecular weight is 317 g/mol. The summed E-state index contributed by atoms with van der Waals surface area (Å²) >= 11 is 5.73. The number of pyridine rings is 1. The third-order valence-electron chi connectivity index (χ3n) is 2.32. The van der Waals surface area contributed by atoms with Gasteiger partial charge in [-0.1, -0.05) is 17.7 Å². The van der Waals surface area contributed by atoms with Crippen LogP contribution in [-0.4, -0.2) is 36.3 Å². The number of nitrogens with zero attached hydrogens (tertiary/aromatic N) is 3. The fraction of sp³-hybridized carbons (Fsp3) is 0.100. The summed E-state index contributed by atoms with van der Waals surface area (Å²) in [5, 5.41) is 8.53. The number of rotatable bonds is 3. The molecule has 20 heavy (non-hydrogen) atoms. The Labute approximate surface area is 119 Å². The number of primary sulfonamides is 1. The minimum atomic E-state index is -4.22. The molecule has 0 aliphatic carbocycles. The first kappa shape index (κ1) is 14.4. The van der Waals surface area contributed by atoms with E-state index in [-0.39, 0.29) is 16.5 Å². The number of hydrogen-bond donors (Lipinski definition) is 1. The second kappa shape index (κ2) is 5.19. The van der Waals surface area contributed by atoms with Gasteiger partial charge in [-0.3, -0.25) is 0 Å². The highest BCUT2D eigenvalue weighted by Crippen LogP contribution is 2.19. The number of esters is 1. The molecule has 0 unspecified atom stereocenters. The van der Waals surface area contributed by atoms with Crippen LogP contribution in [0.5, 0.6) is 0 Å². The van der Waals surface area contributed by atoms with Crippen LogP contribution in [-0.2, 0) is 14.8 Å². The van der Waals surface area contributed by atoms with Crippen LogP contribution in [0.25, 0.3) is 5.82 Å². The molecule has 0 saturated carbocycles. The van der Waals surface area contributed by atoms with Crippen LogP contribution in [0.4, 0.5) is 0 Å². The lowest BCUT2D eigenvalue weighted by Gasteiger charge is -2.06. The van der Waals surface area contributed by atoms with E-state index >= 15 is 0 Å². The summed E-state index contributed by atoms with van der Waals surface area (Å²) < 4.78 is 28.7. The van der Waals surface area contributed by atoms with E-state index in [1.807, 2.05) is 0 Å². The van der Waals surface area contributed by atoms with Gasteiger partial charge in [0, 0.05) is 0 Å². The highest BCUT2D eigenvalue weighted by molar-refractivity contribution is 7.89. The molecule has 8 nitrogen and oxygen atoms in total. The van der Waals surface area contributed by atoms with Gasteiger partial charge >= 0.3 is 5.97 Å². The van der Waals surface area contributed by atoms with Gasteiger partial charge in [-0.25, -0.2) is 28.0 Å². The molecule has 0 amide bonds. The van der Waals surface area contributed by atoms with E-state index in [9.17, 15) is 13.2 Å². The molecule has 2 aromatic heterocycles. The van der Waals surface area contributed by atoms with Crippen molar-refractivity contribution >= 4 is 27.6 Å². The zero-order valence-electron chi connectivity index (χ0n) is 10.1. The van der Waals surface area contributed by atoms with Crippen molar-refractivity contribution in [3.05, 3.63) is 35.1 Å². The Bertz CT molecular complexity index is 771. The van der Waals surface area contributed by atoms with Crippen molar-refractivity contribution in [1.82, 2.24) is 14.8 Å². The van der Waals surface area contributed by atoms with Crippen LogP contribution >= 0.6 is 11.6 Å². The van der Waals surface area contributed by atoms with Crippen LogP contribution in [0, 0.1) is 0 Å². The Balaban J connectivity index is 2.73. The van der Waals surface area contributed by atoms with Crippen LogP contribution in [0.3, 0.4) is 0 Å². The Morgan fingerprint density at radius 2 is 2.15 bits per heavy atom. The van der Waals surface area contributed by atoms with E-state index in [4.69, 9.17) is 16.7 Å². The molecule has 2 aromatic rings. The van der Waals surface area contributed by atoms with Gasteiger partial charge < -0.3 is 4.74 Å². The largest absolute Gasteiger partial charge is 0.465 e. The molecule has 106 valence electrons. The summed E-state index contributed by atoms with van der Waals surface area (Å²) in [7, 11) is -3.11. The second-order valence-electron chi connectivity index (χ2n) is 3.63. The topological polar surface area (TPSA) is 117 Å². The minimum Gasteiger partial charge on any atom is -0.465 e. The lowest BCUT2D eigenvalue weighted by molar-refractivity contribution is 0.0596. The first-order valence-corrected chi connectivity index (χ1v) is 7.09. The van der Waals surface area contributed by atoms with Gasteiger partial charge in [-0.05, 0) is 12.1 Å². The molecule has 0 aliphatic heterocycles. The summed E-state index contributed by atoms with van der Waals surface area (Å²) in [5.74, 6) is -0.765. The Morgan fingerprint density at radius 3 is 2.70 bits per heavy atom. The highest BCUT2D eigenvalue weighted by atomic mass is 35.5. The standard InChI is InChI=1S/C10H9ClN4O4S/c1-19-10(16)6-5-13-15(9(6)20(12,17)18)8-4-2-3-7(11)14-8/h2-5H,1H3,(H2,12,17,18). The van der Waals surface area contributed by atoms with Gasteiger partial charge in [0.05, 0.1) is 13.3 Å². The van der Waals surface area contributed by atoms with Crippen molar-refractivity contribution < 1.29 is 17.9 Å². The Kier molecular flexibility index (Phi) is 3.75. The van der Waals surface area contributed by atoms with E-state index in [2.05, 4.69) is 14.8 Å². The van der Waals surface area contributed by atoms with Crippen LogP contribution < -0.4 is 5.14 Å². The zero-order chi connectivity index (χ0) is 14.9. The summed E-state index contributed by atoms with van der Waals surface area (Å²) in [6.07, 6.45) is 1.04. The van der Waals surface area contributed by atoms with Crippen molar-refractivity contribution in [2.24, 2.45) is 5.14 Å². The maximum Gasteiger partial charge on any atom is 0.342 e. The molecule has 0 saturated heterocycles. The van der Waals surface area contributed by atoms with Gasteiger partial charge in [0.2, 0.25) is 0 Å². The van der Waals surface area contributed by atoms with Gasteiger partial charge in [-0.15, -0.1) is 0 Å². The van der Waals surface area contributed by atoms with E-state index in [0.717, 1.165) is 18.0 Å². The molecule has 0 atom stereocenters. The lowest BCUT2D eigenvalue weighted by atomic mass is 10.4. The zero-order valence-corrected chi connectivity index (χ0v) is 11.7. The predicted octanol–water partition coefficient (Wildman–Crippen LogP) is 0.355. The number of sulfonamides is 1. The Hall–Kier alpha value is -1.97. The molecule has 0 radical (unpaired) electrons.